The van der Waals surface area contributed by atoms with Crippen molar-refractivity contribution in [3.05, 3.63) is 58.5 Å². The predicted molar refractivity (Wildman–Crippen MR) is 108 cm³/mol. The maximum absolute atomic E-state index is 13.0. The van der Waals surface area contributed by atoms with Gasteiger partial charge in [-0.2, -0.15) is 5.10 Å². The normalized spacial score (nSPS) is 16.7. The summed E-state index contributed by atoms with van der Waals surface area (Å²) in [7, 11) is 0. The smallest absolute Gasteiger partial charge is 0.266 e. The van der Waals surface area contributed by atoms with Crippen LogP contribution in [0.1, 0.15) is 36.9 Å². The maximum Gasteiger partial charge on any atom is 0.281 e. The fourth-order valence-corrected chi connectivity index (χ4v) is 5.40. The van der Waals surface area contributed by atoms with E-state index in [0.717, 1.165) is 22.6 Å². The van der Waals surface area contributed by atoms with Gasteiger partial charge in [-0.05, 0) is 24.0 Å². The van der Waals surface area contributed by atoms with Gasteiger partial charge < -0.3 is 0 Å². The number of fused-ring (bicyclic) bond motifs is 4. The first-order chi connectivity index (χ1) is 12.7. The van der Waals surface area contributed by atoms with Crippen LogP contribution in [0, 0.1) is 12.3 Å². The SMILES string of the molecule is C#CCSc1c2c(nn(CC=C)c1=O)CC1(CCCC1)c1ccccc1-2. The van der Waals surface area contributed by atoms with Crippen molar-refractivity contribution in [2.24, 2.45) is 0 Å². The van der Waals surface area contributed by atoms with Gasteiger partial charge in [-0.15, -0.1) is 24.8 Å². The van der Waals surface area contributed by atoms with E-state index in [9.17, 15) is 4.79 Å². The molecule has 0 bridgehead atoms. The molecule has 0 N–H and O–H groups in total. The summed E-state index contributed by atoms with van der Waals surface area (Å²) in [5.41, 5.74) is 4.69. The van der Waals surface area contributed by atoms with Crippen LogP contribution in [-0.4, -0.2) is 15.5 Å². The van der Waals surface area contributed by atoms with E-state index >= 15 is 0 Å². The summed E-state index contributed by atoms with van der Waals surface area (Å²) in [6.07, 6.45) is 13.0. The molecule has 1 spiro atoms. The maximum atomic E-state index is 13.0. The van der Waals surface area contributed by atoms with Crippen molar-refractivity contribution in [2.75, 3.05) is 5.75 Å². The van der Waals surface area contributed by atoms with Crippen LogP contribution in [-0.2, 0) is 18.4 Å². The largest absolute Gasteiger partial charge is 0.281 e. The van der Waals surface area contributed by atoms with E-state index < -0.39 is 0 Å². The van der Waals surface area contributed by atoms with E-state index in [1.54, 1.807) is 10.8 Å². The molecule has 1 aromatic heterocycles. The van der Waals surface area contributed by atoms with Crippen molar-refractivity contribution >= 4 is 11.8 Å². The number of hydrogen-bond acceptors (Lipinski definition) is 3. The highest BCUT2D eigenvalue weighted by molar-refractivity contribution is 7.99. The monoisotopic (exact) mass is 362 g/mol. The molecule has 0 radical (unpaired) electrons. The van der Waals surface area contributed by atoms with Crippen LogP contribution in [0.25, 0.3) is 11.1 Å². The van der Waals surface area contributed by atoms with Gasteiger partial charge in [-0.3, -0.25) is 4.79 Å². The van der Waals surface area contributed by atoms with Gasteiger partial charge >= 0.3 is 0 Å². The average molecular weight is 362 g/mol. The van der Waals surface area contributed by atoms with E-state index in [-0.39, 0.29) is 11.0 Å². The molecule has 2 aromatic rings. The van der Waals surface area contributed by atoms with E-state index in [0.29, 0.717) is 12.3 Å². The third kappa shape index (κ3) is 2.62. The Hall–Kier alpha value is -2.25. The second-order valence-electron chi connectivity index (χ2n) is 7.13. The summed E-state index contributed by atoms with van der Waals surface area (Å²) >= 11 is 1.45. The molecule has 1 heterocycles. The van der Waals surface area contributed by atoms with Gasteiger partial charge in [0, 0.05) is 17.4 Å². The second kappa shape index (κ2) is 6.81. The predicted octanol–water partition coefficient (Wildman–Crippen LogP) is 4.19. The van der Waals surface area contributed by atoms with Crippen LogP contribution in [0.2, 0.25) is 0 Å². The molecule has 1 aromatic carbocycles. The first-order valence-electron chi connectivity index (χ1n) is 9.11. The van der Waals surface area contributed by atoms with Crippen molar-refractivity contribution in [3.8, 4) is 23.5 Å². The highest BCUT2D eigenvalue weighted by atomic mass is 32.2. The second-order valence-corrected chi connectivity index (χ2v) is 8.11. The molecule has 2 aliphatic carbocycles. The lowest BCUT2D eigenvalue weighted by Gasteiger charge is -2.37. The van der Waals surface area contributed by atoms with Gasteiger partial charge in [-0.1, -0.05) is 49.1 Å². The van der Waals surface area contributed by atoms with Crippen LogP contribution in [0.4, 0.5) is 0 Å². The fraction of sp³-hybridized carbons (Fsp3) is 0.364. The molecule has 1 saturated carbocycles. The number of benzene rings is 1. The number of hydrogen-bond donors (Lipinski definition) is 0. The minimum absolute atomic E-state index is 0.0684. The van der Waals surface area contributed by atoms with Crippen LogP contribution < -0.4 is 5.56 Å². The molecule has 2 aliphatic rings. The van der Waals surface area contributed by atoms with Crippen molar-refractivity contribution in [3.63, 3.8) is 0 Å². The Morgan fingerprint density at radius 3 is 2.85 bits per heavy atom. The Kier molecular flexibility index (Phi) is 4.50. The average Bonchev–Trinajstić information content (AvgIpc) is 3.12. The summed E-state index contributed by atoms with van der Waals surface area (Å²) in [6, 6.07) is 8.56. The van der Waals surface area contributed by atoms with Crippen molar-refractivity contribution in [1.29, 1.82) is 0 Å². The molecule has 0 saturated heterocycles. The molecule has 0 aliphatic heterocycles. The first-order valence-corrected chi connectivity index (χ1v) is 10.1. The molecule has 1 fully saturated rings. The van der Waals surface area contributed by atoms with Gasteiger partial charge in [0.05, 0.1) is 22.9 Å². The zero-order chi connectivity index (χ0) is 18.1. The number of nitrogens with zero attached hydrogens (tertiary/aromatic N) is 2. The van der Waals surface area contributed by atoms with Crippen LogP contribution >= 0.6 is 11.8 Å². The van der Waals surface area contributed by atoms with E-state index in [1.165, 1.54) is 48.6 Å². The molecule has 0 amide bonds. The first kappa shape index (κ1) is 17.2. The molecular weight excluding hydrogens is 340 g/mol. The summed E-state index contributed by atoms with van der Waals surface area (Å²) in [5.74, 6) is 3.13. The molecule has 3 nitrogen and oxygen atoms in total. The molecule has 132 valence electrons. The number of thioether (sulfide) groups is 1. The third-order valence-corrected chi connectivity index (χ3v) is 6.60. The lowest BCUT2D eigenvalue weighted by Crippen LogP contribution is -2.34. The standard InChI is InChI=1S/C22H22N2OS/c1-3-13-24-21(25)20(26-14-4-2)19-16-9-5-6-10-17(16)22(11-7-8-12-22)15-18(19)23-24/h2-3,5-6,9-10H,1,7-8,11-15H2. The van der Waals surface area contributed by atoms with Gasteiger partial charge in [0.2, 0.25) is 0 Å². The fourth-order valence-electron chi connectivity index (χ4n) is 4.57. The van der Waals surface area contributed by atoms with E-state index in [2.05, 4.69) is 36.8 Å². The lowest BCUT2D eigenvalue weighted by molar-refractivity contribution is 0.419. The van der Waals surface area contributed by atoms with Crippen molar-refractivity contribution in [2.45, 2.75) is 49.0 Å². The highest BCUT2D eigenvalue weighted by Crippen LogP contribution is 2.52. The summed E-state index contributed by atoms with van der Waals surface area (Å²) in [6.45, 7) is 4.19. The number of rotatable bonds is 4. The van der Waals surface area contributed by atoms with Crippen molar-refractivity contribution in [1.82, 2.24) is 9.78 Å². The van der Waals surface area contributed by atoms with Gasteiger partial charge in [-0.25, -0.2) is 4.68 Å². The van der Waals surface area contributed by atoms with E-state index in [4.69, 9.17) is 11.5 Å². The Bertz CT molecular complexity index is 961. The highest BCUT2D eigenvalue weighted by Gasteiger charge is 2.42. The lowest BCUT2D eigenvalue weighted by atomic mass is 9.68. The molecule has 0 unspecified atom stereocenters. The summed E-state index contributed by atoms with van der Waals surface area (Å²) in [4.78, 5) is 13.8. The molecule has 4 heteroatoms. The van der Waals surface area contributed by atoms with Crippen LogP contribution in [0.5, 0.6) is 0 Å². The summed E-state index contributed by atoms with van der Waals surface area (Å²) < 4.78 is 1.54. The van der Waals surface area contributed by atoms with Gasteiger partial charge in [0.15, 0.2) is 0 Å². The minimum atomic E-state index is -0.0684. The Labute approximate surface area is 158 Å². The number of allylic oxidation sites excluding steroid dienone is 1. The molecule has 26 heavy (non-hydrogen) atoms. The van der Waals surface area contributed by atoms with Gasteiger partial charge in [0.25, 0.3) is 5.56 Å². The van der Waals surface area contributed by atoms with Gasteiger partial charge in [0.1, 0.15) is 0 Å². The Morgan fingerprint density at radius 2 is 2.12 bits per heavy atom. The molecular formula is C22H22N2OS. The van der Waals surface area contributed by atoms with Crippen LogP contribution in [0.15, 0.2) is 46.6 Å². The zero-order valence-electron chi connectivity index (χ0n) is 14.8. The third-order valence-electron chi connectivity index (χ3n) is 5.62. The van der Waals surface area contributed by atoms with Crippen LogP contribution in [0.3, 0.4) is 0 Å². The Balaban J connectivity index is 1.99. The Morgan fingerprint density at radius 1 is 1.35 bits per heavy atom. The van der Waals surface area contributed by atoms with Crippen molar-refractivity contribution < 1.29 is 0 Å². The quantitative estimate of drug-likeness (QED) is 0.465. The zero-order valence-corrected chi connectivity index (χ0v) is 15.6. The summed E-state index contributed by atoms with van der Waals surface area (Å²) in [5, 5.41) is 4.76. The minimum Gasteiger partial charge on any atom is -0.266 e. The number of aromatic nitrogens is 2. The number of terminal acetylenes is 1. The molecule has 0 atom stereocenters. The van der Waals surface area contributed by atoms with E-state index in [1.807, 2.05) is 0 Å². The topological polar surface area (TPSA) is 34.9 Å². The molecule has 4 rings (SSSR count).